The molecule has 0 fully saturated rings. The summed E-state index contributed by atoms with van der Waals surface area (Å²) in [6.45, 7) is 0. The number of hydrogen-bond acceptors (Lipinski definition) is 1. The maximum Gasteiger partial charge on any atom is 0.0969 e. The van der Waals surface area contributed by atoms with Gasteiger partial charge in [-0.3, -0.25) is 4.98 Å². The molecule has 3 heteroatoms. The first-order chi connectivity index (χ1) is 20.9. The van der Waals surface area contributed by atoms with Crippen LogP contribution in [0.1, 0.15) is 0 Å². The van der Waals surface area contributed by atoms with Crippen LogP contribution in [0, 0.1) is 0 Å². The zero-order chi connectivity index (χ0) is 27.6. The van der Waals surface area contributed by atoms with Crippen LogP contribution in [0.5, 0.6) is 0 Å². The number of benzene rings is 6. The molecule has 0 radical (unpaired) electrons. The Balaban J connectivity index is 1.45. The van der Waals surface area contributed by atoms with E-state index in [2.05, 4.69) is 155 Å². The molecule has 3 aromatic heterocycles. The van der Waals surface area contributed by atoms with Gasteiger partial charge in [-0.1, -0.05) is 103 Å². The molecule has 0 spiro atoms. The van der Waals surface area contributed by atoms with E-state index >= 15 is 0 Å². The third-order valence-corrected chi connectivity index (χ3v) is 8.54. The average Bonchev–Trinajstić information content (AvgIpc) is 3.58. The summed E-state index contributed by atoms with van der Waals surface area (Å²) in [6, 6.07) is 52.2. The molecule has 196 valence electrons. The van der Waals surface area contributed by atoms with Gasteiger partial charge in [0.1, 0.15) is 0 Å². The fraction of sp³-hybridized carbons (Fsp3) is 0. The van der Waals surface area contributed by atoms with Crippen molar-refractivity contribution in [2.24, 2.45) is 0 Å². The lowest BCUT2D eigenvalue weighted by Gasteiger charge is -2.15. The summed E-state index contributed by atoms with van der Waals surface area (Å²) in [6.07, 6.45) is 1.96. The molecule has 0 atom stereocenters. The highest BCUT2D eigenvalue weighted by atomic mass is 15.0. The highest BCUT2D eigenvalue weighted by Gasteiger charge is 2.21. The Kier molecular flexibility index (Phi) is 4.90. The summed E-state index contributed by atoms with van der Waals surface area (Å²) in [5.41, 5.74) is 10.3. The van der Waals surface area contributed by atoms with Crippen molar-refractivity contribution < 1.29 is 0 Å². The van der Waals surface area contributed by atoms with Crippen LogP contribution in [-0.2, 0) is 0 Å². The molecule has 9 aromatic rings. The first-order valence-corrected chi connectivity index (χ1v) is 14.3. The zero-order valence-electron chi connectivity index (χ0n) is 22.8. The molecule has 3 heterocycles. The number of aromatic nitrogens is 3. The summed E-state index contributed by atoms with van der Waals surface area (Å²) < 4.78 is 4.81. The average molecular weight is 536 g/mol. The third kappa shape index (κ3) is 3.25. The van der Waals surface area contributed by atoms with Crippen LogP contribution in [0.4, 0.5) is 0 Å². The molecule has 0 amide bonds. The van der Waals surface area contributed by atoms with Gasteiger partial charge in [-0.25, -0.2) is 0 Å². The van der Waals surface area contributed by atoms with Crippen LogP contribution in [0.25, 0.3) is 77.0 Å². The van der Waals surface area contributed by atoms with Crippen molar-refractivity contribution in [2.75, 3.05) is 0 Å². The molecular weight excluding hydrogens is 510 g/mol. The molecule has 0 unspecified atom stereocenters. The van der Waals surface area contributed by atoms with E-state index in [1.807, 2.05) is 6.20 Å². The highest BCUT2D eigenvalue weighted by molar-refractivity contribution is 6.18. The van der Waals surface area contributed by atoms with Crippen LogP contribution >= 0.6 is 0 Å². The molecule has 0 saturated heterocycles. The molecule has 0 aliphatic rings. The summed E-state index contributed by atoms with van der Waals surface area (Å²) in [5, 5.41) is 6.11. The summed E-state index contributed by atoms with van der Waals surface area (Å²) >= 11 is 0. The van der Waals surface area contributed by atoms with Gasteiger partial charge in [0.15, 0.2) is 0 Å². The minimum atomic E-state index is 1.01. The lowest BCUT2D eigenvalue weighted by atomic mass is 10.0. The summed E-state index contributed by atoms with van der Waals surface area (Å²) in [7, 11) is 0. The van der Waals surface area contributed by atoms with Gasteiger partial charge in [-0.2, -0.15) is 0 Å². The molecule has 0 aliphatic carbocycles. The Hall–Kier alpha value is -5.67. The summed E-state index contributed by atoms with van der Waals surface area (Å²) in [4.78, 5) is 4.95. The molecular formula is C39H25N3. The largest absolute Gasteiger partial charge is 0.309 e. The fourth-order valence-electron chi connectivity index (χ4n) is 6.75. The topological polar surface area (TPSA) is 22.8 Å². The third-order valence-electron chi connectivity index (χ3n) is 8.54. The maximum atomic E-state index is 4.95. The minimum absolute atomic E-state index is 1.01. The molecule has 6 aromatic carbocycles. The Morgan fingerprint density at radius 2 is 1.05 bits per heavy atom. The Labute approximate surface area is 242 Å². The maximum absolute atomic E-state index is 4.95. The van der Waals surface area contributed by atoms with E-state index in [0.717, 1.165) is 38.9 Å². The Morgan fingerprint density at radius 3 is 1.90 bits per heavy atom. The van der Waals surface area contributed by atoms with E-state index in [0.29, 0.717) is 0 Å². The van der Waals surface area contributed by atoms with Gasteiger partial charge in [0.05, 0.1) is 27.6 Å². The lowest BCUT2D eigenvalue weighted by molar-refractivity contribution is 1.17. The Bertz CT molecular complexity index is 2460. The number of nitrogens with zero attached hydrogens (tertiary/aromatic N) is 3. The van der Waals surface area contributed by atoms with Crippen molar-refractivity contribution >= 4 is 54.5 Å². The second kappa shape index (κ2) is 8.92. The second-order valence-corrected chi connectivity index (χ2v) is 10.8. The van der Waals surface area contributed by atoms with Crippen molar-refractivity contribution in [3.63, 3.8) is 0 Å². The molecule has 0 saturated carbocycles. The van der Waals surface area contributed by atoms with Crippen molar-refractivity contribution in [1.29, 1.82) is 0 Å². The number of para-hydroxylation sites is 4. The number of hydrogen-bond donors (Lipinski definition) is 0. The molecule has 9 rings (SSSR count). The van der Waals surface area contributed by atoms with E-state index < -0.39 is 0 Å². The van der Waals surface area contributed by atoms with E-state index in [1.165, 1.54) is 38.1 Å². The Morgan fingerprint density at radius 1 is 0.405 bits per heavy atom. The highest BCUT2D eigenvalue weighted by Crippen LogP contribution is 2.42. The SMILES string of the molecule is c1ccc(-n2c3ccccc3c3nccc(-c4cccc5c6ccccc6n(-c6ccc7ccccc7c6)c45)c32)cc1. The molecule has 0 N–H and O–H groups in total. The molecule has 3 nitrogen and oxygen atoms in total. The fourth-order valence-corrected chi connectivity index (χ4v) is 6.75. The standard InChI is InChI=1S/C39H25N3/c1-2-13-28(14-3-1)41-36-20-9-7-16-34(36)37-39(41)33(23-24-40-37)32-18-10-17-31-30-15-6-8-19-35(30)42(38(31)32)29-22-21-26-11-4-5-12-27(26)25-29/h1-25H. The van der Waals surface area contributed by atoms with Gasteiger partial charge in [0, 0.05) is 44.9 Å². The van der Waals surface area contributed by atoms with Gasteiger partial charge >= 0.3 is 0 Å². The van der Waals surface area contributed by atoms with Crippen LogP contribution in [0.15, 0.2) is 152 Å². The molecule has 42 heavy (non-hydrogen) atoms. The predicted molar refractivity (Wildman–Crippen MR) is 176 cm³/mol. The van der Waals surface area contributed by atoms with Crippen LogP contribution in [-0.4, -0.2) is 14.1 Å². The van der Waals surface area contributed by atoms with Crippen molar-refractivity contribution in [3.8, 4) is 22.5 Å². The van der Waals surface area contributed by atoms with Crippen LogP contribution in [0.2, 0.25) is 0 Å². The quantitative estimate of drug-likeness (QED) is 0.221. The van der Waals surface area contributed by atoms with Gasteiger partial charge in [0.2, 0.25) is 0 Å². The predicted octanol–water partition coefficient (Wildman–Crippen LogP) is 10.1. The van der Waals surface area contributed by atoms with Crippen LogP contribution < -0.4 is 0 Å². The smallest absolute Gasteiger partial charge is 0.0969 e. The summed E-state index contributed by atoms with van der Waals surface area (Å²) in [5.74, 6) is 0. The van der Waals surface area contributed by atoms with E-state index in [4.69, 9.17) is 4.98 Å². The van der Waals surface area contributed by atoms with Crippen molar-refractivity contribution in [1.82, 2.24) is 14.1 Å². The van der Waals surface area contributed by atoms with Crippen LogP contribution in [0.3, 0.4) is 0 Å². The van der Waals surface area contributed by atoms with Crippen molar-refractivity contribution in [2.45, 2.75) is 0 Å². The first kappa shape index (κ1) is 23.1. The van der Waals surface area contributed by atoms with E-state index in [-0.39, 0.29) is 0 Å². The normalized spacial score (nSPS) is 11.8. The van der Waals surface area contributed by atoms with Gasteiger partial charge in [-0.05, 0) is 53.2 Å². The first-order valence-electron chi connectivity index (χ1n) is 14.3. The monoisotopic (exact) mass is 535 g/mol. The number of pyridine rings is 1. The van der Waals surface area contributed by atoms with Crippen molar-refractivity contribution in [3.05, 3.63) is 152 Å². The molecule has 0 bridgehead atoms. The van der Waals surface area contributed by atoms with E-state index in [1.54, 1.807) is 0 Å². The van der Waals surface area contributed by atoms with E-state index in [9.17, 15) is 0 Å². The zero-order valence-corrected chi connectivity index (χ0v) is 22.8. The minimum Gasteiger partial charge on any atom is -0.309 e. The lowest BCUT2D eigenvalue weighted by Crippen LogP contribution is -1.98. The molecule has 0 aliphatic heterocycles. The van der Waals surface area contributed by atoms with Gasteiger partial charge in [0.25, 0.3) is 0 Å². The van der Waals surface area contributed by atoms with Gasteiger partial charge in [-0.15, -0.1) is 0 Å². The second-order valence-electron chi connectivity index (χ2n) is 10.8. The number of rotatable bonds is 3. The van der Waals surface area contributed by atoms with Gasteiger partial charge < -0.3 is 9.13 Å². The number of fused-ring (bicyclic) bond motifs is 7.